The third-order valence-electron chi connectivity index (χ3n) is 3.23. The van der Waals surface area contributed by atoms with E-state index in [-0.39, 0.29) is 5.54 Å². The molecule has 0 atom stereocenters. The molecule has 1 heterocycles. The summed E-state index contributed by atoms with van der Waals surface area (Å²) in [7, 11) is 0. The van der Waals surface area contributed by atoms with Gasteiger partial charge in [0.25, 0.3) is 0 Å². The van der Waals surface area contributed by atoms with E-state index < -0.39 is 0 Å². The maximum atomic E-state index is 6.41. The predicted octanol–water partition coefficient (Wildman–Crippen LogP) is 3.77. The fourth-order valence-electron chi connectivity index (χ4n) is 2.11. The highest BCUT2D eigenvalue weighted by atomic mass is 35.5. The van der Waals surface area contributed by atoms with Crippen molar-refractivity contribution in [3.63, 3.8) is 0 Å². The standard InChI is InChI=1S/C11H16ClNS/c1-8-4-6-11(13,7-5-8)9-2-3-10(12)14-9/h2-3,8H,4-7,13H2,1H3. The summed E-state index contributed by atoms with van der Waals surface area (Å²) in [5.41, 5.74) is 6.31. The summed E-state index contributed by atoms with van der Waals surface area (Å²) >= 11 is 7.57. The predicted molar refractivity (Wildman–Crippen MR) is 62.8 cm³/mol. The average Bonchev–Trinajstić information content (AvgIpc) is 2.58. The molecule has 1 aliphatic rings. The molecule has 1 saturated carbocycles. The summed E-state index contributed by atoms with van der Waals surface area (Å²) in [6.45, 7) is 2.31. The Morgan fingerprint density at radius 3 is 2.57 bits per heavy atom. The van der Waals surface area contributed by atoms with Crippen LogP contribution in [0, 0.1) is 5.92 Å². The molecule has 0 saturated heterocycles. The van der Waals surface area contributed by atoms with Crippen LogP contribution in [-0.4, -0.2) is 0 Å². The van der Waals surface area contributed by atoms with Gasteiger partial charge in [-0.1, -0.05) is 18.5 Å². The zero-order valence-electron chi connectivity index (χ0n) is 8.42. The minimum atomic E-state index is -0.0929. The summed E-state index contributed by atoms with van der Waals surface area (Å²) in [6, 6.07) is 4.04. The van der Waals surface area contributed by atoms with E-state index in [1.807, 2.05) is 6.07 Å². The molecule has 0 spiro atoms. The molecule has 1 aromatic rings. The molecule has 0 unspecified atom stereocenters. The highest BCUT2D eigenvalue weighted by Crippen LogP contribution is 2.40. The van der Waals surface area contributed by atoms with Crippen molar-refractivity contribution in [1.29, 1.82) is 0 Å². The second kappa shape index (κ2) is 3.84. The van der Waals surface area contributed by atoms with Crippen molar-refractivity contribution in [2.75, 3.05) is 0 Å². The minimum Gasteiger partial charge on any atom is -0.321 e. The van der Waals surface area contributed by atoms with Crippen molar-refractivity contribution < 1.29 is 0 Å². The quantitative estimate of drug-likeness (QED) is 0.780. The number of nitrogens with two attached hydrogens (primary N) is 1. The van der Waals surface area contributed by atoms with Crippen LogP contribution >= 0.6 is 22.9 Å². The van der Waals surface area contributed by atoms with Crippen LogP contribution in [0.25, 0.3) is 0 Å². The molecule has 1 aromatic heterocycles. The Morgan fingerprint density at radius 2 is 2.07 bits per heavy atom. The molecule has 2 N–H and O–H groups in total. The first-order chi connectivity index (χ1) is 6.60. The van der Waals surface area contributed by atoms with Crippen LogP contribution in [0.2, 0.25) is 4.34 Å². The zero-order valence-corrected chi connectivity index (χ0v) is 10.00. The monoisotopic (exact) mass is 229 g/mol. The Labute approximate surface area is 94.3 Å². The molecule has 14 heavy (non-hydrogen) atoms. The van der Waals surface area contributed by atoms with Gasteiger partial charge in [0.05, 0.1) is 9.88 Å². The minimum absolute atomic E-state index is 0.0929. The Morgan fingerprint density at radius 1 is 1.43 bits per heavy atom. The lowest BCUT2D eigenvalue weighted by molar-refractivity contribution is 0.252. The van der Waals surface area contributed by atoms with Crippen molar-refractivity contribution in [2.24, 2.45) is 11.7 Å². The summed E-state index contributed by atoms with van der Waals surface area (Å²) in [5, 5.41) is 0. The summed E-state index contributed by atoms with van der Waals surface area (Å²) in [4.78, 5) is 1.26. The normalized spacial score (nSPS) is 33.2. The lowest BCUT2D eigenvalue weighted by Crippen LogP contribution is -2.39. The molecule has 0 aliphatic heterocycles. The third kappa shape index (κ3) is 1.97. The lowest BCUT2D eigenvalue weighted by atomic mass is 9.77. The molecular formula is C11H16ClNS. The van der Waals surface area contributed by atoms with Crippen LogP contribution in [0.4, 0.5) is 0 Å². The molecule has 1 nitrogen and oxygen atoms in total. The van der Waals surface area contributed by atoms with Gasteiger partial charge in [0.1, 0.15) is 0 Å². The number of hydrogen-bond donors (Lipinski definition) is 1. The summed E-state index contributed by atoms with van der Waals surface area (Å²) < 4.78 is 0.850. The first-order valence-corrected chi connectivity index (χ1v) is 6.34. The molecule has 3 heteroatoms. The van der Waals surface area contributed by atoms with Crippen molar-refractivity contribution in [3.05, 3.63) is 21.3 Å². The molecule has 0 bridgehead atoms. The van der Waals surface area contributed by atoms with Gasteiger partial charge < -0.3 is 5.73 Å². The lowest BCUT2D eigenvalue weighted by Gasteiger charge is -2.35. The Kier molecular flexibility index (Phi) is 2.87. The van der Waals surface area contributed by atoms with Gasteiger partial charge in [-0.2, -0.15) is 0 Å². The highest BCUT2D eigenvalue weighted by molar-refractivity contribution is 7.16. The molecule has 0 amide bonds. The topological polar surface area (TPSA) is 26.0 Å². The Bertz CT molecular complexity index is 313. The number of rotatable bonds is 1. The first kappa shape index (κ1) is 10.5. The second-order valence-electron chi connectivity index (χ2n) is 4.44. The van der Waals surface area contributed by atoms with Crippen LogP contribution in [0.1, 0.15) is 37.5 Å². The average molecular weight is 230 g/mol. The van der Waals surface area contributed by atoms with E-state index in [4.69, 9.17) is 17.3 Å². The van der Waals surface area contributed by atoms with Crippen LogP contribution in [-0.2, 0) is 5.54 Å². The van der Waals surface area contributed by atoms with Crippen LogP contribution in [0.3, 0.4) is 0 Å². The van der Waals surface area contributed by atoms with Gasteiger partial charge >= 0.3 is 0 Å². The molecule has 78 valence electrons. The van der Waals surface area contributed by atoms with Crippen molar-refractivity contribution in [3.8, 4) is 0 Å². The molecule has 0 aromatic carbocycles. The molecular weight excluding hydrogens is 214 g/mol. The molecule has 1 fully saturated rings. The van der Waals surface area contributed by atoms with Crippen LogP contribution < -0.4 is 5.73 Å². The fourth-order valence-corrected chi connectivity index (χ4v) is 3.31. The smallest absolute Gasteiger partial charge is 0.0931 e. The number of hydrogen-bond acceptors (Lipinski definition) is 2. The van der Waals surface area contributed by atoms with Crippen LogP contribution in [0.5, 0.6) is 0 Å². The van der Waals surface area contributed by atoms with Gasteiger partial charge in [0, 0.05) is 4.88 Å². The van der Waals surface area contributed by atoms with E-state index in [2.05, 4.69) is 13.0 Å². The third-order valence-corrected chi connectivity index (χ3v) is 4.68. The van der Waals surface area contributed by atoms with Crippen molar-refractivity contribution in [1.82, 2.24) is 0 Å². The number of halogens is 1. The molecule has 1 aliphatic carbocycles. The Balaban J connectivity index is 2.16. The van der Waals surface area contributed by atoms with E-state index in [0.717, 1.165) is 23.1 Å². The van der Waals surface area contributed by atoms with Crippen molar-refractivity contribution in [2.45, 2.75) is 38.1 Å². The maximum absolute atomic E-state index is 6.41. The van der Waals surface area contributed by atoms with Gasteiger partial charge in [-0.15, -0.1) is 11.3 Å². The van der Waals surface area contributed by atoms with Gasteiger partial charge in [-0.05, 0) is 43.7 Å². The van der Waals surface area contributed by atoms with E-state index in [0.29, 0.717) is 0 Å². The van der Waals surface area contributed by atoms with E-state index in [9.17, 15) is 0 Å². The SMILES string of the molecule is CC1CCC(N)(c2ccc(Cl)s2)CC1. The Hall–Kier alpha value is -0.0500. The summed E-state index contributed by atoms with van der Waals surface area (Å²) in [6.07, 6.45) is 4.69. The molecule has 2 rings (SSSR count). The van der Waals surface area contributed by atoms with E-state index >= 15 is 0 Å². The van der Waals surface area contributed by atoms with E-state index in [1.54, 1.807) is 11.3 Å². The maximum Gasteiger partial charge on any atom is 0.0931 e. The fraction of sp³-hybridized carbons (Fsp3) is 0.636. The largest absolute Gasteiger partial charge is 0.321 e. The van der Waals surface area contributed by atoms with Crippen molar-refractivity contribution >= 4 is 22.9 Å². The van der Waals surface area contributed by atoms with Gasteiger partial charge in [-0.25, -0.2) is 0 Å². The van der Waals surface area contributed by atoms with E-state index in [1.165, 1.54) is 17.7 Å². The number of thiophene rings is 1. The van der Waals surface area contributed by atoms with Crippen LogP contribution in [0.15, 0.2) is 12.1 Å². The highest BCUT2D eigenvalue weighted by Gasteiger charge is 2.32. The van der Waals surface area contributed by atoms with Gasteiger partial charge in [0.2, 0.25) is 0 Å². The van der Waals surface area contributed by atoms with Gasteiger partial charge in [-0.3, -0.25) is 0 Å². The second-order valence-corrected chi connectivity index (χ2v) is 6.16. The molecule has 0 radical (unpaired) electrons. The van der Waals surface area contributed by atoms with Gasteiger partial charge in [0.15, 0.2) is 0 Å². The first-order valence-electron chi connectivity index (χ1n) is 5.15. The summed E-state index contributed by atoms with van der Waals surface area (Å²) in [5.74, 6) is 0.835. The zero-order chi connectivity index (χ0) is 10.2.